The molecule has 21 heavy (non-hydrogen) atoms. The van der Waals surface area contributed by atoms with Gasteiger partial charge in [-0.05, 0) is 24.3 Å². The van der Waals surface area contributed by atoms with Gasteiger partial charge in [-0.3, -0.25) is 4.79 Å². The Bertz CT molecular complexity index is 438. The van der Waals surface area contributed by atoms with Crippen LogP contribution in [0.5, 0.6) is 0 Å². The minimum absolute atomic E-state index is 0.199. The van der Waals surface area contributed by atoms with Crippen molar-refractivity contribution in [1.82, 2.24) is 4.90 Å². The van der Waals surface area contributed by atoms with E-state index in [1.54, 1.807) is 0 Å². The summed E-state index contributed by atoms with van der Waals surface area (Å²) >= 11 is 0. The number of benzene rings is 1. The van der Waals surface area contributed by atoms with Gasteiger partial charge in [0.05, 0.1) is 0 Å². The van der Waals surface area contributed by atoms with Gasteiger partial charge in [0.1, 0.15) is 0 Å². The molecule has 1 saturated carbocycles. The van der Waals surface area contributed by atoms with E-state index in [9.17, 15) is 4.79 Å². The molecule has 0 heterocycles. The van der Waals surface area contributed by atoms with Crippen molar-refractivity contribution in [2.45, 2.75) is 58.0 Å². The summed E-state index contributed by atoms with van der Waals surface area (Å²) in [5.74, 6) is 0.717. The second kappa shape index (κ2) is 7.60. The van der Waals surface area contributed by atoms with Gasteiger partial charge >= 0.3 is 0 Å². The van der Waals surface area contributed by atoms with E-state index in [4.69, 9.17) is 5.73 Å². The molecule has 1 aliphatic carbocycles. The van der Waals surface area contributed by atoms with Gasteiger partial charge in [0, 0.05) is 25.0 Å². The fourth-order valence-electron chi connectivity index (χ4n) is 3.19. The Kier molecular flexibility index (Phi) is 5.80. The van der Waals surface area contributed by atoms with Crippen molar-refractivity contribution in [2.24, 2.45) is 11.7 Å². The van der Waals surface area contributed by atoms with E-state index in [1.165, 1.54) is 12.8 Å². The topological polar surface area (TPSA) is 46.3 Å². The van der Waals surface area contributed by atoms with Crippen LogP contribution in [-0.2, 0) is 4.79 Å². The molecule has 0 saturated heterocycles. The summed E-state index contributed by atoms with van der Waals surface area (Å²) in [7, 11) is 0. The third-order valence-corrected chi connectivity index (χ3v) is 4.27. The van der Waals surface area contributed by atoms with Crippen LogP contribution >= 0.6 is 0 Å². The Labute approximate surface area is 128 Å². The first kappa shape index (κ1) is 16.0. The first-order chi connectivity index (χ1) is 10.1. The molecule has 0 radical (unpaired) electrons. The van der Waals surface area contributed by atoms with Gasteiger partial charge in [-0.25, -0.2) is 0 Å². The van der Waals surface area contributed by atoms with E-state index in [0.29, 0.717) is 18.4 Å². The molecule has 0 aromatic heterocycles. The zero-order chi connectivity index (χ0) is 15.2. The Morgan fingerprint density at radius 2 is 1.86 bits per heavy atom. The molecule has 2 rings (SSSR count). The Morgan fingerprint density at radius 1 is 1.24 bits per heavy atom. The molecular weight excluding hydrogens is 260 g/mol. The van der Waals surface area contributed by atoms with Crippen LogP contribution in [0.3, 0.4) is 0 Å². The summed E-state index contributed by atoms with van der Waals surface area (Å²) < 4.78 is 0. The van der Waals surface area contributed by atoms with E-state index < -0.39 is 0 Å². The second-order valence-corrected chi connectivity index (χ2v) is 6.60. The van der Waals surface area contributed by atoms with Gasteiger partial charge in [-0.1, -0.05) is 57.0 Å². The minimum atomic E-state index is -0.199. The van der Waals surface area contributed by atoms with Crippen molar-refractivity contribution in [3.05, 3.63) is 35.9 Å². The van der Waals surface area contributed by atoms with Crippen LogP contribution < -0.4 is 5.73 Å². The van der Waals surface area contributed by atoms with Gasteiger partial charge < -0.3 is 10.6 Å². The lowest BCUT2D eigenvalue weighted by Gasteiger charge is -2.31. The minimum Gasteiger partial charge on any atom is -0.339 e. The number of carbonyl (C=O) groups is 1. The monoisotopic (exact) mass is 288 g/mol. The molecule has 1 amide bonds. The van der Waals surface area contributed by atoms with E-state index in [0.717, 1.165) is 24.9 Å². The molecule has 0 aliphatic heterocycles. The van der Waals surface area contributed by atoms with Crippen molar-refractivity contribution >= 4 is 5.91 Å². The molecule has 3 nitrogen and oxygen atoms in total. The zero-order valence-electron chi connectivity index (χ0n) is 13.3. The van der Waals surface area contributed by atoms with Crippen LogP contribution in [0.15, 0.2) is 30.3 Å². The molecule has 1 aliphatic rings. The molecule has 116 valence electrons. The number of rotatable bonds is 6. The maximum absolute atomic E-state index is 12.7. The first-order valence-electron chi connectivity index (χ1n) is 8.18. The number of amides is 1. The summed E-state index contributed by atoms with van der Waals surface area (Å²) in [6.45, 7) is 5.20. The standard InChI is InChI=1S/C18H28N2O/c1-14(2)13-20(16-10-6-7-11-16)18(21)12-17(19)15-8-4-3-5-9-15/h3-5,8-9,14,16-17H,6-7,10-13,19H2,1-2H3. The molecule has 0 bridgehead atoms. The number of hydrogen-bond donors (Lipinski definition) is 1. The normalized spacial score (nSPS) is 17.1. The van der Waals surface area contributed by atoms with Crippen molar-refractivity contribution < 1.29 is 4.79 Å². The highest BCUT2D eigenvalue weighted by molar-refractivity contribution is 5.77. The lowest BCUT2D eigenvalue weighted by atomic mass is 10.0. The van der Waals surface area contributed by atoms with Gasteiger partial charge in [0.25, 0.3) is 0 Å². The number of carbonyl (C=O) groups excluding carboxylic acids is 1. The van der Waals surface area contributed by atoms with Gasteiger partial charge in [-0.2, -0.15) is 0 Å². The Balaban J connectivity index is 2.00. The molecular formula is C18H28N2O. The molecule has 1 atom stereocenters. The first-order valence-corrected chi connectivity index (χ1v) is 8.18. The SMILES string of the molecule is CC(C)CN(C(=O)CC(N)c1ccccc1)C1CCCC1. The molecule has 1 aromatic carbocycles. The molecule has 1 fully saturated rings. The second-order valence-electron chi connectivity index (χ2n) is 6.60. The number of nitrogens with zero attached hydrogens (tertiary/aromatic N) is 1. The van der Waals surface area contributed by atoms with Crippen LogP contribution in [0.25, 0.3) is 0 Å². The van der Waals surface area contributed by atoms with E-state index >= 15 is 0 Å². The molecule has 3 heteroatoms. The maximum Gasteiger partial charge on any atom is 0.224 e. The van der Waals surface area contributed by atoms with Gasteiger partial charge in [0.15, 0.2) is 0 Å². The summed E-state index contributed by atoms with van der Waals surface area (Å²) in [5.41, 5.74) is 7.26. The van der Waals surface area contributed by atoms with Crippen molar-refractivity contribution in [3.63, 3.8) is 0 Å². The van der Waals surface area contributed by atoms with Crippen molar-refractivity contribution in [2.75, 3.05) is 6.54 Å². The summed E-state index contributed by atoms with van der Waals surface area (Å²) in [6, 6.07) is 10.2. The van der Waals surface area contributed by atoms with Gasteiger partial charge in [-0.15, -0.1) is 0 Å². The third kappa shape index (κ3) is 4.57. The fraction of sp³-hybridized carbons (Fsp3) is 0.611. The molecule has 1 aromatic rings. The van der Waals surface area contributed by atoms with Crippen LogP contribution in [-0.4, -0.2) is 23.4 Å². The lowest BCUT2D eigenvalue weighted by molar-refractivity contribution is -0.134. The van der Waals surface area contributed by atoms with Crippen molar-refractivity contribution in [1.29, 1.82) is 0 Å². The largest absolute Gasteiger partial charge is 0.339 e. The van der Waals surface area contributed by atoms with Crippen LogP contribution in [0.1, 0.15) is 57.6 Å². The van der Waals surface area contributed by atoms with Crippen LogP contribution in [0.2, 0.25) is 0 Å². The van der Waals surface area contributed by atoms with Gasteiger partial charge in [0.2, 0.25) is 5.91 Å². The highest BCUT2D eigenvalue weighted by atomic mass is 16.2. The summed E-state index contributed by atoms with van der Waals surface area (Å²) in [5, 5.41) is 0. The van der Waals surface area contributed by atoms with Crippen LogP contribution in [0.4, 0.5) is 0 Å². The summed E-state index contributed by atoms with van der Waals surface area (Å²) in [6.07, 6.45) is 5.21. The van der Waals surface area contributed by atoms with E-state index in [2.05, 4.69) is 18.7 Å². The smallest absolute Gasteiger partial charge is 0.224 e. The quantitative estimate of drug-likeness (QED) is 0.870. The highest BCUT2D eigenvalue weighted by Gasteiger charge is 2.28. The summed E-state index contributed by atoms with van der Waals surface area (Å²) in [4.78, 5) is 14.8. The number of nitrogens with two attached hydrogens (primary N) is 1. The third-order valence-electron chi connectivity index (χ3n) is 4.27. The Hall–Kier alpha value is -1.35. The number of hydrogen-bond acceptors (Lipinski definition) is 2. The van der Waals surface area contributed by atoms with Crippen LogP contribution in [0, 0.1) is 5.92 Å². The predicted molar refractivity (Wildman–Crippen MR) is 86.8 cm³/mol. The average molecular weight is 288 g/mol. The Morgan fingerprint density at radius 3 is 2.43 bits per heavy atom. The molecule has 2 N–H and O–H groups in total. The van der Waals surface area contributed by atoms with Crippen molar-refractivity contribution in [3.8, 4) is 0 Å². The lowest BCUT2D eigenvalue weighted by Crippen LogP contribution is -2.42. The van der Waals surface area contributed by atoms with E-state index in [1.807, 2.05) is 30.3 Å². The van der Waals surface area contributed by atoms with E-state index in [-0.39, 0.29) is 11.9 Å². The highest BCUT2D eigenvalue weighted by Crippen LogP contribution is 2.26. The average Bonchev–Trinajstić information content (AvgIpc) is 2.99. The maximum atomic E-state index is 12.7. The fourth-order valence-corrected chi connectivity index (χ4v) is 3.19. The molecule has 1 unspecified atom stereocenters. The molecule has 0 spiro atoms. The zero-order valence-corrected chi connectivity index (χ0v) is 13.3. The predicted octanol–water partition coefficient (Wildman–Crippen LogP) is 3.50.